The number of para-hydroxylation sites is 4. The molecule has 0 unspecified atom stereocenters. The molecule has 5 aromatic heterocycles. The number of hydrogen-bond acceptors (Lipinski definition) is 4. The van der Waals surface area contributed by atoms with Crippen LogP contribution in [-0.2, 0) is 0 Å². The number of benzene rings is 8. The third-order valence-electron chi connectivity index (χ3n) is 11.7. The summed E-state index contributed by atoms with van der Waals surface area (Å²) in [6.45, 7) is 0. The fourth-order valence-electron chi connectivity index (χ4n) is 9.22. The smallest absolute Gasteiger partial charge is 0.162 e. The zero-order chi connectivity index (χ0) is 37.9. The molecule has 6 heteroatoms. The molecule has 5 heterocycles. The number of aromatic nitrogens is 4. The largest absolute Gasteiger partial charge is 0.454 e. The van der Waals surface area contributed by atoms with Gasteiger partial charge in [0.15, 0.2) is 11.4 Å². The molecule has 0 saturated heterocycles. The van der Waals surface area contributed by atoms with Crippen molar-refractivity contribution in [3.8, 4) is 34.2 Å². The zero-order valence-corrected chi connectivity index (χ0v) is 31.7. The standard InChI is InChI=1S/C52H30N4OS/c1-3-14-31(15-4-1)39-29-48(54-52(53-39)32-16-5-2-6-17-32)56-41-23-11-8-20-36(41)49-42(56)26-27-46-50(49)38-28-37-33-18-7-10-22-40(33)55(44(37)30-47(38)58-46)43-24-13-21-35-34-19-9-12-25-45(34)57-51(35)43/h1-30H. The minimum absolute atomic E-state index is 0.696. The molecule has 270 valence electrons. The molecule has 0 aliphatic rings. The first-order valence-electron chi connectivity index (χ1n) is 19.5. The van der Waals surface area contributed by atoms with Crippen molar-refractivity contribution in [2.45, 2.75) is 0 Å². The molecule has 13 rings (SSSR count). The lowest BCUT2D eigenvalue weighted by atomic mass is 10.0. The van der Waals surface area contributed by atoms with E-state index in [1.807, 2.05) is 41.7 Å². The Kier molecular flexibility index (Phi) is 6.54. The van der Waals surface area contributed by atoms with Gasteiger partial charge in [0.25, 0.3) is 0 Å². The topological polar surface area (TPSA) is 48.8 Å². The van der Waals surface area contributed by atoms with E-state index in [-0.39, 0.29) is 0 Å². The normalized spacial score (nSPS) is 12.1. The second-order valence-electron chi connectivity index (χ2n) is 14.9. The van der Waals surface area contributed by atoms with Crippen LogP contribution in [0.2, 0.25) is 0 Å². The third-order valence-corrected chi connectivity index (χ3v) is 12.8. The van der Waals surface area contributed by atoms with Crippen LogP contribution in [0, 0.1) is 0 Å². The average Bonchev–Trinajstić information content (AvgIpc) is 4.03. The SMILES string of the molecule is c1ccc(-c2cc(-n3c4ccccc4c4c5c(ccc43)sc3cc4c(cc35)c3ccccc3n4-c3cccc4c3oc3ccccc34)nc(-c3ccccc3)n2)cc1. The van der Waals surface area contributed by atoms with Crippen molar-refractivity contribution in [3.05, 3.63) is 182 Å². The highest BCUT2D eigenvalue weighted by atomic mass is 32.1. The molecule has 58 heavy (non-hydrogen) atoms. The monoisotopic (exact) mass is 758 g/mol. The molecule has 0 saturated carbocycles. The van der Waals surface area contributed by atoms with Crippen molar-refractivity contribution in [1.29, 1.82) is 0 Å². The Labute approximate surface area is 335 Å². The molecular weight excluding hydrogens is 729 g/mol. The van der Waals surface area contributed by atoms with E-state index in [1.165, 1.54) is 41.7 Å². The van der Waals surface area contributed by atoms with Gasteiger partial charge in [-0.25, -0.2) is 9.97 Å². The number of hydrogen-bond donors (Lipinski definition) is 0. The Morgan fingerprint density at radius 2 is 1.10 bits per heavy atom. The maximum Gasteiger partial charge on any atom is 0.162 e. The Morgan fingerprint density at radius 3 is 1.93 bits per heavy atom. The molecule has 0 spiro atoms. The van der Waals surface area contributed by atoms with Crippen molar-refractivity contribution in [3.63, 3.8) is 0 Å². The highest BCUT2D eigenvalue weighted by Crippen LogP contribution is 2.47. The molecular formula is C52H30N4OS. The highest BCUT2D eigenvalue weighted by Gasteiger charge is 2.23. The molecule has 5 nitrogen and oxygen atoms in total. The van der Waals surface area contributed by atoms with Crippen LogP contribution in [-0.4, -0.2) is 19.1 Å². The van der Waals surface area contributed by atoms with E-state index in [0.29, 0.717) is 5.82 Å². The Hall–Kier alpha value is -7.54. The lowest BCUT2D eigenvalue weighted by Gasteiger charge is -2.12. The van der Waals surface area contributed by atoms with Gasteiger partial charge in [-0.05, 0) is 48.5 Å². The molecule has 0 bridgehead atoms. The van der Waals surface area contributed by atoms with Crippen LogP contribution >= 0.6 is 11.3 Å². The lowest BCUT2D eigenvalue weighted by molar-refractivity contribution is 0.666. The first-order valence-corrected chi connectivity index (χ1v) is 20.3. The molecule has 13 aromatic rings. The van der Waals surface area contributed by atoms with Crippen LogP contribution in [0.1, 0.15) is 0 Å². The number of furan rings is 1. The van der Waals surface area contributed by atoms with Gasteiger partial charge in [0.05, 0.1) is 33.4 Å². The van der Waals surface area contributed by atoms with E-state index < -0.39 is 0 Å². The van der Waals surface area contributed by atoms with Crippen LogP contribution in [0.25, 0.3) is 120 Å². The van der Waals surface area contributed by atoms with Crippen LogP contribution in [0.5, 0.6) is 0 Å². The summed E-state index contributed by atoms with van der Waals surface area (Å²) in [5.74, 6) is 1.53. The van der Waals surface area contributed by atoms with Gasteiger partial charge >= 0.3 is 0 Å². The molecule has 0 aliphatic heterocycles. The summed E-state index contributed by atoms with van der Waals surface area (Å²) in [5, 5.41) is 9.63. The summed E-state index contributed by atoms with van der Waals surface area (Å²) in [7, 11) is 0. The van der Waals surface area contributed by atoms with E-state index in [2.05, 4.69) is 161 Å². The van der Waals surface area contributed by atoms with E-state index in [1.54, 1.807) is 0 Å². The average molecular weight is 759 g/mol. The van der Waals surface area contributed by atoms with Gasteiger partial charge < -0.3 is 8.98 Å². The predicted octanol–water partition coefficient (Wildman–Crippen LogP) is 14.3. The fraction of sp³-hybridized carbons (Fsp3) is 0. The van der Waals surface area contributed by atoms with Gasteiger partial charge in [-0.1, -0.05) is 127 Å². The van der Waals surface area contributed by atoms with Crippen LogP contribution in [0.4, 0.5) is 0 Å². The van der Waals surface area contributed by atoms with Crippen LogP contribution in [0.15, 0.2) is 186 Å². The van der Waals surface area contributed by atoms with Crippen molar-refractivity contribution in [2.75, 3.05) is 0 Å². The molecule has 0 fully saturated rings. The summed E-state index contributed by atoms with van der Waals surface area (Å²) in [5.41, 5.74) is 10.3. The number of nitrogens with zero attached hydrogens (tertiary/aromatic N) is 4. The number of fused-ring (bicyclic) bond motifs is 13. The lowest BCUT2D eigenvalue weighted by Crippen LogP contribution is -2.02. The first-order chi connectivity index (χ1) is 28.8. The summed E-state index contributed by atoms with van der Waals surface area (Å²) in [6.07, 6.45) is 0. The quantitative estimate of drug-likeness (QED) is 0.180. The van der Waals surface area contributed by atoms with Gasteiger partial charge in [0.2, 0.25) is 0 Å². The summed E-state index contributed by atoms with van der Waals surface area (Å²) >= 11 is 1.85. The Bertz CT molecular complexity index is 3740. The highest BCUT2D eigenvalue weighted by molar-refractivity contribution is 7.26. The molecule has 8 aromatic carbocycles. The summed E-state index contributed by atoms with van der Waals surface area (Å²) in [4.78, 5) is 10.4. The van der Waals surface area contributed by atoms with Crippen molar-refractivity contribution in [2.24, 2.45) is 0 Å². The summed E-state index contributed by atoms with van der Waals surface area (Å²) in [6, 6.07) is 64.5. The van der Waals surface area contributed by atoms with Gasteiger partial charge in [0.1, 0.15) is 11.4 Å². The van der Waals surface area contributed by atoms with Crippen molar-refractivity contribution >= 4 is 97.1 Å². The maximum atomic E-state index is 6.60. The van der Waals surface area contributed by atoms with Gasteiger partial charge in [-0.2, -0.15) is 0 Å². The van der Waals surface area contributed by atoms with E-state index in [0.717, 1.165) is 72.3 Å². The maximum absolute atomic E-state index is 6.60. The summed E-state index contributed by atoms with van der Waals surface area (Å²) < 4.78 is 13.8. The van der Waals surface area contributed by atoms with Crippen LogP contribution < -0.4 is 0 Å². The zero-order valence-electron chi connectivity index (χ0n) is 30.9. The van der Waals surface area contributed by atoms with Gasteiger partial charge in [-0.3, -0.25) is 4.57 Å². The third kappa shape index (κ3) is 4.46. The van der Waals surface area contributed by atoms with Crippen molar-refractivity contribution < 1.29 is 4.42 Å². The van der Waals surface area contributed by atoms with E-state index in [9.17, 15) is 0 Å². The molecule has 0 amide bonds. The molecule has 0 aliphatic carbocycles. The Morgan fingerprint density at radius 1 is 0.414 bits per heavy atom. The van der Waals surface area contributed by atoms with E-state index in [4.69, 9.17) is 14.4 Å². The second kappa shape index (κ2) is 12.0. The molecule has 0 atom stereocenters. The van der Waals surface area contributed by atoms with Crippen LogP contribution in [0.3, 0.4) is 0 Å². The van der Waals surface area contributed by atoms with Gasteiger partial charge in [-0.15, -0.1) is 11.3 Å². The molecule has 0 N–H and O–H groups in total. The minimum atomic E-state index is 0.696. The molecule has 0 radical (unpaired) electrons. The number of thiophene rings is 1. The minimum Gasteiger partial charge on any atom is -0.454 e. The first kappa shape index (κ1) is 31.6. The predicted molar refractivity (Wildman–Crippen MR) is 242 cm³/mol. The fourth-order valence-corrected chi connectivity index (χ4v) is 10.4. The van der Waals surface area contributed by atoms with E-state index >= 15 is 0 Å². The second-order valence-corrected chi connectivity index (χ2v) is 16.0. The Balaban J connectivity index is 1.10. The van der Waals surface area contributed by atoms with Gasteiger partial charge in [0, 0.05) is 69.7 Å². The van der Waals surface area contributed by atoms with Crippen molar-refractivity contribution in [1.82, 2.24) is 19.1 Å². The number of rotatable bonds is 4.